The van der Waals surface area contributed by atoms with Gasteiger partial charge in [0.25, 0.3) is 0 Å². The molecule has 0 aromatic carbocycles. The number of anilines is 1. The van der Waals surface area contributed by atoms with Crippen molar-refractivity contribution in [1.82, 2.24) is 9.55 Å². The molecule has 0 unspecified atom stereocenters. The first-order valence-electron chi connectivity index (χ1n) is 8.34. The second-order valence-corrected chi connectivity index (χ2v) is 12.7. The SMILES string of the molecule is CC(C)(C)[Si](C)(C)OC[C@@H]1O[C@H](n2cc(F)c(N)nc2=O)C[C@H]1N=[N+]=[N-]. The maximum atomic E-state index is 13.7. The van der Waals surface area contributed by atoms with Crippen molar-refractivity contribution in [1.29, 1.82) is 0 Å². The summed E-state index contributed by atoms with van der Waals surface area (Å²) in [5, 5.41) is 3.76. The highest BCUT2D eigenvalue weighted by molar-refractivity contribution is 6.74. The molecule has 1 aliphatic heterocycles. The minimum atomic E-state index is -2.03. The molecule has 0 bridgehead atoms. The van der Waals surface area contributed by atoms with Crippen LogP contribution in [0.1, 0.15) is 33.4 Å². The number of halogens is 1. The fraction of sp³-hybridized carbons (Fsp3) is 0.733. The van der Waals surface area contributed by atoms with Gasteiger partial charge >= 0.3 is 5.69 Å². The summed E-state index contributed by atoms with van der Waals surface area (Å²) in [4.78, 5) is 18.3. The number of hydrogen-bond acceptors (Lipinski definition) is 6. The van der Waals surface area contributed by atoms with Crippen molar-refractivity contribution in [2.24, 2.45) is 5.11 Å². The molecule has 2 heterocycles. The van der Waals surface area contributed by atoms with E-state index in [-0.39, 0.29) is 18.1 Å². The lowest BCUT2D eigenvalue weighted by molar-refractivity contribution is -0.0249. The summed E-state index contributed by atoms with van der Waals surface area (Å²) in [6, 6.07) is -0.526. The molecule has 1 saturated heterocycles. The Morgan fingerprint density at radius 3 is 2.81 bits per heavy atom. The Kier molecular flexibility index (Phi) is 5.76. The lowest BCUT2D eigenvalue weighted by Gasteiger charge is -2.37. The monoisotopic (exact) mass is 384 g/mol. The third kappa shape index (κ3) is 4.23. The van der Waals surface area contributed by atoms with E-state index >= 15 is 0 Å². The lowest BCUT2D eigenvalue weighted by atomic mass is 10.1. The minimum absolute atomic E-state index is 0.0138. The Morgan fingerprint density at radius 2 is 2.23 bits per heavy atom. The average molecular weight is 384 g/mol. The minimum Gasteiger partial charge on any atom is -0.414 e. The number of rotatable bonds is 5. The third-order valence-electron chi connectivity index (χ3n) is 5.06. The second kappa shape index (κ2) is 7.35. The average Bonchev–Trinajstić information content (AvgIpc) is 2.91. The van der Waals surface area contributed by atoms with Crippen LogP contribution in [0.15, 0.2) is 16.1 Å². The smallest absolute Gasteiger partial charge is 0.351 e. The Morgan fingerprint density at radius 1 is 1.58 bits per heavy atom. The molecule has 1 aromatic heterocycles. The molecule has 0 radical (unpaired) electrons. The summed E-state index contributed by atoms with van der Waals surface area (Å²) >= 11 is 0. The van der Waals surface area contributed by atoms with Crippen molar-refractivity contribution in [3.05, 3.63) is 32.9 Å². The number of nitrogens with two attached hydrogens (primary N) is 1. The molecular weight excluding hydrogens is 359 g/mol. The summed E-state index contributed by atoms with van der Waals surface area (Å²) in [6.07, 6.45) is -0.147. The van der Waals surface area contributed by atoms with Crippen LogP contribution in [0, 0.1) is 5.82 Å². The largest absolute Gasteiger partial charge is 0.414 e. The van der Waals surface area contributed by atoms with Gasteiger partial charge in [-0.3, -0.25) is 4.57 Å². The van der Waals surface area contributed by atoms with Gasteiger partial charge in [-0.25, -0.2) is 9.18 Å². The van der Waals surface area contributed by atoms with Gasteiger partial charge in [-0.15, -0.1) is 0 Å². The van der Waals surface area contributed by atoms with Crippen LogP contribution in [0.5, 0.6) is 0 Å². The van der Waals surface area contributed by atoms with Crippen molar-refractivity contribution in [2.75, 3.05) is 12.3 Å². The molecule has 2 N–H and O–H groups in total. The topological polar surface area (TPSA) is 128 Å². The number of aromatic nitrogens is 2. The molecule has 0 amide bonds. The van der Waals surface area contributed by atoms with Gasteiger partial charge in [0.05, 0.1) is 24.9 Å². The molecule has 9 nitrogen and oxygen atoms in total. The van der Waals surface area contributed by atoms with Gasteiger partial charge in [-0.1, -0.05) is 25.9 Å². The number of hydrogen-bond donors (Lipinski definition) is 1. The molecule has 2 rings (SSSR count). The number of nitrogen functional groups attached to an aromatic ring is 1. The summed E-state index contributed by atoms with van der Waals surface area (Å²) in [5.41, 5.74) is 13.4. The zero-order chi connectivity index (χ0) is 19.7. The van der Waals surface area contributed by atoms with Gasteiger partial charge < -0.3 is 14.9 Å². The van der Waals surface area contributed by atoms with Gasteiger partial charge in [0.15, 0.2) is 20.0 Å². The van der Waals surface area contributed by atoms with Crippen molar-refractivity contribution in [3.63, 3.8) is 0 Å². The Balaban J connectivity index is 2.20. The van der Waals surface area contributed by atoms with E-state index in [4.69, 9.17) is 20.4 Å². The van der Waals surface area contributed by atoms with E-state index in [1.54, 1.807) is 0 Å². The van der Waals surface area contributed by atoms with Crippen LogP contribution in [0.4, 0.5) is 10.2 Å². The molecule has 3 atom stereocenters. The Bertz CT molecular complexity index is 772. The van der Waals surface area contributed by atoms with Crippen LogP contribution < -0.4 is 11.4 Å². The molecule has 1 aromatic rings. The molecule has 1 aliphatic rings. The van der Waals surface area contributed by atoms with E-state index < -0.39 is 44.0 Å². The maximum Gasteiger partial charge on any atom is 0.351 e. The first-order chi connectivity index (χ1) is 12.0. The van der Waals surface area contributed by atoms with E-state index in [1.165, 1.54) is 0 Å². The zero-order valence-electron chi connectivity index (χ0n) is 15.6. The van der Waals surface area contributed by atoms with Crippen LogP contribution in [-0.4, -0.2) is 36.6 Å². The highest BCUT2D eigenvalue weighted by Gasteiger charge is 2.41. The number of ether oxygens (including phenoxy) is 1. The molecule has 0 spiro atoms. The quantitative estimate of drug-likeness (QED) is 0.361. The molecule has 144 valence electrons. The van der Waals surface area contributed by atoms with Crippen molar-refractivity contribution < 1.29 is 13.6 Å². The highest BCUT2D eigenvalue weighted by Crippen LogP contribution is 2.38. The fourth-order valence-electron chi connectivity index (χ4n) is 2.39. The normalized spacial score (nSPS) is 23.7. The summed E-state index contributed by atoms with van der Waals surface area (Å²) in [6.45, 7) is 10.8. The van der Waals surface area contributed by atoms with Gasteiger partial charge in [-0.2, -0.15) is 4.98 Å². The van der Waals surface area contributed by atoms with Crippen LogP contribution in [0.3, 0.4) is 0 Å². The highest BCUT2D eigenvalue weighted by atomic mass is 28.4. The van der Waals surface area contributed by atoms with Crippen LogP contribution in [0.25, 0.3) is 10.4 Å². The molecule has 0 aliphatic carbocycles. The molecule has 0 saturated carbocycles. The summed E-state index contributed by atoms with van der Waals surface area (Å²) in [7, 11) is -2.03. The van der Waals surface area contributed by atoms with E-state index in [0.29, 0.717) is 0 Å². The van der Waals surface area contributed by atoms with Crippen molar-refractivity contribution in [3.8, 4) is 0 Å². The first-order valence-corrected chi connectivity index (χ1v) is 11.2. The second-order valence-electron chi connectivity index (χ2n) is 7.87. The number of azide groups is 1. The van der Waals surface area contributed by atoms with Crippen LogP contribution in [0.2, 0.25) is 18.1 Å². The molecule has 11 heteroatoms. The van der Waals surface area contributed by atoms with Gasteiger partial charge in [0.1, 0.15) is 6.23 Å². The number of nitrogens with zero attached hydrogens (tertiary/aromatic N) is 5. The van der Waals surface area contributed by atoms with Crippen LogP contribution >= 0.6 is 0 Å². The predicted octanol–water partition coefficient (Wildman–Crippen LogP) is 2.95. The first kappa shape index (κ1) is 20.4. The van der Waals surface area contributed by atoms with E-state index in [2.05, 4.69) is 48.9 Å². The van der Waals surface area contributed by atoms with E-state index in [1.807, 2.05) is 0 Å². The van der Waals surface area contributed by atoms with Crippen molar-refractivity contribution >= 4 is 14.1 Å². The molecule has 26 heavy (non-hydrogen) atoms. The lowest BCUT2D eigenvalue weighted by Crippen LogP contribution is -2.43. The third-order valence-corrected chi connectivity index (χ3v) is 9.56. The predicted molar refractivity (Wildman–Crippen MR) is 97.5 cm³/mol. The fourth-order valence-corrected chi connectivity index (χ4v) is 3.41. The van der Waals surface area contributed by atoms with E-state index in [0.717, 1.165) is 10.8 Å². The van der Waals surface area contributed by atoms with Gasteiger partial charge in [0.2, 0.25) is 0 Å². The van der Waals surface area contributed by atoms with Crippen LogP contribution in [-0.2, 0) is 9.16 Å². The van der Waals surface area contributed by atoms with Crippen molar-refractivity contribution in [2.45, 2.75) is 63.7 Å². The van der Waals surface area contributed by atoms with Gasteiger partial charge in [0, 0.05) is 11.3 Å². The zero-order valence-corrected chi connectivity index (χ0v) is 16.6. The summed E-state index contributed by atoms with van der Waals surface area (Å²) < 4.78 is 26.7. The van der Waals surface area contributed by atoms with Gasteiger partial charge in [-0.05, 0) is 23.7 Å². The molecular formula is C15H25FN6O3Si. The maximum absolute atomic E-state index is 13.7. The Hall–Kier alpha value is -1.94. The van der Waals surface area contributed by atoms with E-state index in [9.17, 15) is 9.18 Å². The summed E-state index contributed by atoms with van der Waals surface area (Å²) in [5.74, 6) is -1.27. The Labute approximate surface area is 152 Å². The molecule has 1 fully saturated rings. The standard InChI is InChI=1S/C15H25FN6O3Si/c1-15(2,3)26(4,5)24-8-11-10(20-21-18)6-12(25-11)22-7-9(16)13(17)19-14(22)23/h7,10-12H,6,8H2,1-5H3,(H2,17,19,23)/t10-,11+,12+/m1/s1.